The van der Waals surface area contributed by atoms with Crippen LogP contribution in [0.15, 0.2) is 29.2 Å². The van der Waals surface area contributed by atoms with Gasteiger partial charge < -0.3 is 15.2 Å². The summed E-state index contributed by atoms with van der Waals surface area (Å²) in [5.41, 5.74) is 0. The summed E-state index contributed by atoms with van der Waals surface area (Å²) < 4.78 is 5.10. The van der Waals surface area contributed by atoms with Crippen molar-refractivity contribution in [3.8, 4) is 5.75 Å². The molecule has 0 aliphatic heterocycles. The summed E-state index contributed by atoms with van der Waals surface area (Å²) in [6.45, 7) is 0.163. The van der Waals surface area contributed by atoms with E-state index in [0.29, 0.717) is 5.75 Å². The minimum Gasteiger partial charge on any atom is -0.497 e. The Morgan fingerprint density at radius 2 is 2.15 bits per heavy atom. The van der Waals surface area contributed by atoms with Crippen LogP contribution in [0, 0.1) is 5.92 Å². The van der Waals surface area contributed by atoms with Gasteiger partial charge >= 0.3 is 0 Å². The van der Waals surface area contributed by atoms with Gasteiger partial charge in [0.05, 0.1) is 12.9 Å². The average molecular weight is 295 g/mol. The van der Waals surface area contributed by atoms with Gasteiger partial charge in [-0.3, -0.25) is 4.79 Å². The molecule has 0 aromatic heterocycles. The summed E-state index contributed by atoms with van der Waals surface area (Å²) in [6.07, 6.45) is 3.07. The first kappa shape index (κ1) is 15.2. The Balaban J connectivity index is 1.76. The van der Waals surface area contributed by atoms with Crippen molar-refractivity contribution in [3.05, 3.63) is 24.3 Å². The van der Waals surface area contributed by atoms with E-state index < -0.39 is 0 Å². The molecule has 1 aromatic carbocycles. The highest BCUT2D eigenvalue weighted by atomic mass is 32.2. The molecule has 1 aliphatic carbocycles. The van der Waals surface area contributed by atoms with Gasteiger partial charge in [-0.25, -0.2) is 0 Å². The van der Waals surface area contributed by atoms with Crippen molar-refractivity contribution in [2.75, 3.05) is 19.5 Å². The third-order valence-electron chi connectivity index (χ3n) is 3.67. The predicted octanol–water partition coefficient (Wildman–Crippen LogP) is 2.06. The molecule has 110 valence electrons. The van der Waals surface area contributed by atoms with Crippen molar-refractivity contribution >= 4 is 17.7 Å². The lowest BCUT2D eigenvalue weighted by atomic mass is 10.1. The average Bonchev–Trinajstić information content (AvgIpc) is 2.92. The number of methoxy groups -OCH3 is 1. The van der Waals surface area contributed by atoms with Gasteiger partial charge in [0.1, 0.15) is 5.75 Å². The zero-order chi connectivity index (χ0) is 14.4. The van der Waals surface area contributed by atoms with Crippen LogP contribution in [0.3, 0.4) is 0 Å². The smallest absolute Gasteiger partial charge is 0.230 e. The first-order chi connectivity index (χ1) is 9.72. The number of aliphatic hydroxyl groups excluding tert-OH is 1. The zero-order valence-corrected chi connectivity index (χ0v) is 12.5. The summed E-state index contributed by atoms with van der Waals surface area (Å²) in [5, 5.41) is 12.3. The van der Waals surface area contributed by atoms with E-state index in [1.807, 2.05) is 24.3 Å². The summed E-state index contributed by atoms with van der Waals surface area (Å²) in [6, 6.07) is 7.81. The third-order valence-corrected chi connectivity index (χ3v) is 4.68. The maximum atomic E-state index is 11.9. The number of aliphatic hydroxyl groups is 1. The van der Waals surface area contributed by atoms with Gasteiger partial charge in [0, 0.05) is 23.5 Å². The van der Waals surface area contributed by atoms with Crippen LogP contribution in [0.5, 0.6) is 5.75 Å². The molecule has 1 saturated carbocycles. The van der Waals surface area contributed by atoms with E-state index in [1.54, 1.807) is 7.11 Å². The maximum absolute atomic E-state index is 11.9. The minimum absolute atomic E-state index is 0.0381. The Morgan fingerprint density at radius 1 is 1.40 bits per heavy atom. The molecule has 2 rings (SSSR count). The van der Waals surface area contributed by atoms with Crippen LogP contribution in [-0.4, -0.2) is 36.5 Å². The number of carbonyl (C=O) groups excluding carboxylic acids is 1. The van der Waals surface area contributed by atoms with Crippen molar-refractivity contribution in [1.29, 1.82) is 0 Å². The van der Waals surface area contributed by atoms with E-state index in [4.69, 9.17) is 4.74 Å². The number of ether oxygens (including phenoxy) is 1. The molecule has 0 radical (unpaired) electrons. The summed E-state index contributed by atoms with van der Waals surface area (Å²) >= 11 is 1.51. The molecule has 2 N–H and O–H groups in total. The minimum atomic E-state index is 0.0381. The topological polar surface area (TPSA) is 58.6 Å². The van der Waals surface area contributed by atoms with Crippen molar-refractivity contribution in [2.24, 2.45) is 5.92 Å². The second-order valence-electron chi connectivity index (χ2n) is 5.01. The second kappa shape index (κ2) is 7.55. The monoisotopic (exact) mass is 295 g/mol. The number of amides is 1. The van der Waals surface area contributed by atoms with Crippen LogP contribution in [0.2, 0.25) is 0 Å². The Labute approximate surface area is 123 Å². The molecule has 1 aliphatic rings. The maximum Gasteiger partial charge on any atom is 0.230 e. The van der Waals surface area contributed by atoms with Crippen molar-refractivity contribution in [1.82, 2.24) is 5.32 Å². The molecule has 20 heavy (non-hydrogen) atoms. The summed E-state index contributed by atoms with van der Waals surface area (Å²) in [7, 11) is 1.63. The zero-order valence-electron chi connectivity index (χ0n) is 11.7. The van der Waals surface area contributed by atoms with Crippen LogP contribution in [0.1, 0.15) is 19.3 Å². The molecule has 1 amide bonds. The number of nitrogens with one attached hydrogen (secondary N) is 1. The Bertz CT molecular complexity index is 435. The highest BCUT2D eigenvalue weighted by Gasteiger charge is 2.27. The molecule has 0 spiro atoms. The van der Waals surface area contributed by atoms with Crippen molar-refractivity contribution in [3.63, 3.8) is 0 Å². The van der Waals surface area contributed by atoms with Crippen LogP contribution < -0.4 is 10.1 Å². The van der Waals surface area contributed by atoms with Gasteiger partial charge in [0.2, 0.25) is 5.91 Å². The SMILES string of the molecule is COc1ccc(SCC(=O)NC2CCCC2CO)cc1. The predicted molar refractivity (Wildman–Crippen MR) is 80.1 cm³/mol. The lowest BCUT2D eigenvalue weighted by Crippen LogP contribution is -2.39. The van der Waals surface area contributed by atoms with Gasteiger partial charge in [-0.2, -0.15) is 0 Å². The standard InChI is InChI=1S/C15H21NO3S/c1-19-12-5-7-13(8-6-12)20-10-15(18)16-14-4-2-3-11(14)9-17/h5-8,11,14,17H,2-4,9-10H2,1H3,(H,16,18). The number of rotatable bonds is 6. The third kappa shape index (κ3) is 4.15. The van der Waals surface area contributed by atoms with Crippen LogP contribution in [0.4, 0.5) is 0 Å². The number of carbonyl (C=O) groups is 1. The van der Waals surface area contributed by atoms with Gasteiger partial charge in [0.15, 0.2) is 0 Å². The Kier molecular flexibility index (Phi) is 5.73. The number of hydrogen-bond acceptors (Lipinski definition) is 4. The van der Waals surface area contributed by atoms with E-state index in [-0.39, 0.29) is 24.5 Å². The largest absolute Gasteiger partial charge is 0.497 e. The molecule has 2 atom stereocenters. The lowest BCUT2D eigenvalue weighted by Gasteiger charge is -2.18. The van der Waals surface area contributed by atoms with E-state index >= 15 is 0 Å². The molecular formula is C15H21NO3S. The molecule has 5 heteroatoms. The molecule has 4 nitrogen and oxygen atoms in total. The van der Waals surface area contributed by atoms with Crippen LogP contribution in [0.25, 0.3) is 0 Å². The summed E-state index contributed by atoms with van der Waals surface area (Å²) in [4.78, 5) is 13.0. The Morgan fingerprint density at radius 3 is 2.80 bits per heavy atom. The van der Waals surface area contributed by atoms with E-state index in [2.05, 4.69) is 5.32 Å². The molecule has 0 saturated heterocycles. The highest BCUT2D eigenvalue weighted by Crippen LogP contribution is 2.25. The van der Waals surface area contributed by atoms with Gasteiger partial charge in [-0.1, -0.05) is 6.42 Å². The fourth-order valence-electron chi connectivity index (χ4n) is 2.51. The molecule has 1 aromatic rings. The van der Waals surface area contributed by atoms with Crippen LogP contribution >= 0.6 is 11.8 Å². The van der Waals surface area contributed by atoms with Gasteiger partial charge in [0.25, 0.3) is 0 Å². The fraction of sp³-hybridized carbons (Fsp3) is 0.533. The molecule has 1 fully saturated rings. The first-order valence-electron chi connectivity index (χ1n) is 6.90. The molecular weight excluding hydrogens is 274 g/mol. The summed E-state index contributed by atoms with van der Waals surface area (Å²) in [5.74, 6) is 1.48. The van der Waals surface area contributed by atoms with E-state index in [9.17, 15) is 9.90 Å². The molecule has 0 heterocycles. The lowest BCUT2D eigenvalue weighted by molar-refractivity contribution is -0.119. The molecule has 0 bridgehead atoms. The van der Waals surface area contributed by atoms with Gasteiger partial charge in [-0.05, 0) is 37.1 Å². The normalized spacial score (nSPS) is 21.7. The van der Waals surface area contributed by atoms with Crippen molar-refractivity contribution in [2.45, 2.75) is 30.2 Å². The Hall–Kier alpha value is -1.20. The van der Waals surface area contributed by atoms with Crippen LogP contribution in [-0.2, 0) is 4.79 Å². The first-order valence-corrected chi connectivity index (χ1v) is 7.88. The highest BCUT2D eigenvalue weighted by molar-refractivity contribution is 8.00. The number of thioether (sulfide) groups is 1. The van der Waals surface area contributed by atoms with Gasteiger partial charge in [-0.15, -0.1) is 11.8 Å². The number of hydrogen-bond donors (Lipinski definition) is 2. The van der Waals surface area contributed by atoms with Crippen molar-refractivity contribution < 1.29 is 14.6 Å². The molecule has 2 unspecified atom stereocenters. The van der Waals surface area contributed by atoms with E-state index in [1.165, 1.54) is 11.8 Å². The van der Waals surface area contributed by atoms with E-state index in [0.717, 1.165) is 29.9 Å². The quantitative estimate of drug-likeness (QED) is 0.789. The second-order valence-corrected chi connectivity index (χ2v) is 6.06. The number of benzene rings is 1. The fourth-order valence-corrected chi connectivity index (χ4v) is 3.22.